The highest BCUT2D eigenvalue weighted by molar-refractivity contribution is 6.07. The minimum Gasteiger partial charge on any atom is -0.477 e. The zero-order valence-electron chi connectivity index (χ0n) is 14.1. The average Bonchev–Trinajstić information content (AvgIpc) is 3.39. The van der Waals surface area contributed by atoms with Gasteiger partial charge in [-0.3, -0.25) is 4.79 Å². The SMILES string of the molecule is Cc1oc2ccccc2c1C(=O)NCc1ccnc(OCC2CC2)c1. The highest BCUT2D eigenvalue weighted by atomic mass is 16.5. The lowest BCUT2D eigenvalue weighted by atomic mass is 10.1. The molecule has 1 fully saturated rings. The van der Waals surface area contributed by atoms with Gasteiger partial charge < -0.3 is 14.5 Å². The third kappa shape index (κ3) is 3.50. The zero-order valence-corrected chi connectivity index (χ0v) is 14.1. The molecule has 1 saturated carbocycles. The average molecular weight is 336 g/mol. The van der Waals surface area contributed by atoms with Crippen molar-refractivity contribution >= 4 is 16.9 Å². The number of hydrogen-bond donors (Lipinski definition) is 1. The van der Waals surface area contributed by atoms with Crippen molar-refractivity contribution < 1.29 is 13.9 Å². The lowest BCUT2D eigenvalue weighted by Gasteiger charge is -2.08. The van der Waals surface area contributed by atoms with Gasteiger partial charge in [-0.15, -0.1) is 0 Å². The van der Waals surface area contributed by atoms with Crippen LogP contribution >= 0.6 is 0 Å². The van der Waals surface area contributed by atoms with Crippen LogP contribution in [0.4, 0.5) is 0 Å². The van der Waals surface area contributed by atoms with Crippen molar-refractivity contribution in [1.82, 2.24) is 10.3 Å². The van der Waals surface area contributed by atoms with Gasteiger partial charge in [0.2, 0.25) is 5.88 Å². The van der Waals surface area contributed by atoms with Crippen molar-refractivity contribution in [1.29, 1.82) is 0 Å². The predicted molar refractivity (Wildman–Crippen MR) is 94.6 cm³/mol. The number of nitrogens with zero attached hydrogens (tertiary/aromatic N) is 1. The highest BCUT2D eigenvalue weighted by Gasteiger charge is 2.22. The first kappa shape index (κ1) is 15.7. The van der Waals surface area contributed by atoms with E-state index in [0.29, 0.717) is 29.7 Å². The molecule has 0 spiro atoms. The molecule has 1 aromatic carbocycles. The van der Waals surface area contributed by atoms with Crippen molar-refractivity contribution in [3.05, 3.63) is 59.5 Å². The molecule has 1 amide bonds. The summed E-state index contributed by atoms with van der Waals surface area (Å²) in [6.07, 6.45) is 4.20. The second-order valence-electron chi connectivity index (χ2n) is 6.47. The van der Waals surface area contributed by atoms with Gasteiger partial charge in [0.15, 0.2) is 0 Å². The Morgan fingerprint density at radius 2 is 2.16 bits per heavy atom. The Morgan fingerprint density at radius 3 is 3.00 bits per heavy atom. The first-order valence-corrected chi connectivity index (χ1v) is 8.55. The lowest BCUT2D eigenvalue weighted by Crippen LogP contribution is -2.23. The maximum absolute atomic E-state index is 12.6. The zero-order chi connectivity index (χ0) is 17.2. The molecule has 2 heterocycles. The summed E-state index contributed by atoms with van der Waals surface area (Å²) in [5, 5.41) is 3.79. The summed E-state index contributed by atoms with van der Waals surface area (Å²) in [7, 11) is 0. The van der Waals surface area contributed by atoms with E-state index in [1.54, 1.807) is 6.20 Å². The number of carbonyl (C=O) groups is 1. The van der Waals surface area contributed by atoms with Crippen LogP contribution in [0, 0.1) is 12.8 Å². The first-order valence-electron chi connectivity index (χ1n) is 8.55. The molecule has 4 rings (SSSR count). The third-order valence-corrected chi connectivity index (χ3v) is 4.41. The standard InChI is InChI=1S/C20H20N2O3/c1-13-19(16-4-2-3-5-17(16)25-13)20(23)22-11-15-8-9-21-18(10-15)24-12-14-6-7-14/h2-5,8-10,14H,6-7,11-12H2,1H3,(H,22,23). The lowest BCUT2D eigenvalue weighted by molar-refractivity contribution is 0.0950. The summed E-state index contributed by atoms with van der Waals surface area (Å²) < 4.78 is 11.3. The number of benzene rings is 1. The Bertz CT molecular complexity index is 912. The van der Waals surface area contributed by atoms with Crippen LogP contribution in [0.1, 0.15) is 34.5 Å². The summed E-state index contributed by atoms with van der Waals surface area (Å²) in [6, 6.07) is 11.3. The molecule has 0 aliphatic heterocycles. The second kappa shape index (κ2) is 6.59. The minimum atomic E-state index is -0.139. The summed E-state index contributed by atoms with van der Waals surface area (Å²) in [6.45, 7) is 2.95. The third-order valence-electron chi connectivity index (χ3n) is 4.41. The highest BCUT2D eigenvalue weighted by Crippen LogP contribution is 2.29. The molecule has 5 nitrogen and oxygen atoms in total. The Kier molecular flexibility index (Phi) is 4.14. The van der Waals surface area contributed by atoms with Crippen LogP contribution in [0.25, 0.3) is 11.0 Å². The van der Waals surface area contributed by atoms with E-state index in [2.05, 4.69) is 10.3 Å². The monoisotopic (exact) mass is 336 g/mol. The number of furan rings is 1. The molecule has 0 bridgehead atoms. The number of fused-ring (bicyclic) bond motifs is 1. The van der Waals surface area contributed by atoms with Crippen molar-refractivity contribution in [2.45, 2.75) is 26.3 Å². The van der Waals surface area contributed by atoms with Crippen LogP contribution in [0.15, 0.2) is 47.0 Å². The maximum Gasteiger partial charge on any atom is 0.255 e. The quantitative estimate of drug-likeness (QED) is 0.742. The number of aromatic nitrogens is 1. The van der Waals surface area contributed by atoms with E-state index in [0.717, 1.165) is 23.1 Å². The molecule has 0 unspecified atom stereocenters. The molecule has 1 aliphatic rings. The smallest absolute Gasteiger partial charge is 0.255 e. The normalized spacial score (nSPS) is 13.8. The summed E-state index contributed by atoms with van der Waals surface area (Å²) in [4.78, 5) is 16.8. The topological polar surface area (TPSA) is 64.4 Å². The van der Waals surface area contributed by atoms with Crippen LogP contribution in [-0.4, -0.2) is 17.5 Å². The van der Waals surface area contributed by atoms with Crippen molar-refractivity contribution in [2.75, 3.05) is 6.61 Å². The van der Waals surface area contributed by atoms with E-state index >= 15 is 0 Å². The number of para-hydroxylation sites is 1. The first-order chi connectivity index (χ1) is 12.2. The van der Waals surface area contributed by atoms with Gasteiger partial charge >= 0.3 is 0 Å². The largest absolute Gasteiger partial charge is 0.477 e. The fourth-order valence-corrected chi connectivity index (χ4v) is 2.85. The Labute approximate surface area is 146 Å². The second-order valence-corrected chi connectivity index (χ2v) is 6.47. The Balaban J connectivity index is 1.44. The van der Waals surface area contributed by atoms with Crippen LogP contribution in [0.2, 0.25) is 0 Å². The van der Waals surface area contributed by atoms with Gasteiger partial charge in [0, 0.05) is 24.2 Å². The molecule has 1 aliphatic carbocycles. The molecular formula is C20H20N2O3. The van der Waals surface area contributed by atoms with Gasteiger partial charge in [0.1, 0.15) is 11.3 Å². The fourth-order valence-electron chi connectivity index (χ4n) is 2.85. The van der Waals surface area contributed by atoms with Crippen molar-refractivity contribution in [3.8, 4) is 5.88 Å². The van der Waals surface area contributed by atoms with E-state index in [-0.39, 0.29) is 5.91 Å². The van der Waals surface area contributed by atoms with E-state index in [4.69, 9.17) is 9.15 Å². The number of hydrogen-bond acceptors (Lipinski definition) is 4. The van der Waals surface area contributed by atoms with Gasteiger partial charge in [0.25, 0.3) is 5.91 Å². The minimum absolute atomic E-state index is 0.139. The number of aryl methyl sites for hydroxylation is 1. The molecule has 25 heavy (non-hydrogen) atoms. The van der Waals surface area contributed by atoms with Crippen LogP contribution in [0.3, 0.4) is 0 Å². The van der Waals surface area contributed by atoms with Gasteiger partial charge in [-0.1, -0.05) is 18.2 Å². The van der Waals surface area contributed by atoms with Gasteiger partial charge in [-0.25, -0.2) is 4.98 Å². The van der Waals surface area contributed by atoms with Crippen LogP contribution < -0.4 is 10.1 Å². The van der Waals surface area contributed by atoms with Crippen molar-refractivity contribution in [2.24, 2.45) is 5.92 Å². The summed E-state index contributed by atoms with van der Waals surface area (Å²) in [5.74, 6) is 1.78. The number of ether oxygens (including phenoxy) is 1. The van der Waals surface area contributed by atoms with Gasteiger partial charge in [-0.05, 0) is 43.4 Å². The summed E-state index contributed by atoms with van der Waals surface area (Å²) >= 11 is 0. The number of pyridine rings is 1. The molecule has 3 aromatic rings. The molecule has 128 valence electrons. The molecule has 0 radical (unpaired) electrons. The number of amides is 1. The predicted octanol–water partition coefficient (Wildman–Crippen LogP) is 3.86. The van der Waals surface area contributed by atoms with Crippen LogP contribution in [-0.2, 0) is 6.54 Å². The van der Waals surface area contributed by atoms with Gasteiger partial charge in [-0.2, -0.15) is 0 Å². The molecule has 1 N–H and O–H groups in total. The number of nitrogens with one attached hydrogen (secondary N) is 1. The van der Waals surface area contributed by atoms with E-state index < -0.39 is 0 Å². The van der Waals surface area contributed by atoms with E-state index in [1.165, 1.54) is 12.8 Å². The fraction of sp³-hybridized carbons (Fsp3) is 0.300. The van der Waals surface area contributed by atoms with Crippen molar-refractivity contribution in [3.63, 3.8) is 0 Å². The molecule has 5 heteroatoms. The Morgan fingerprint density at radius 1 is 1.32 bits per heavy atom. The number of carbonyl (C=O) groups excluding carboxylic acids is 1. The Hall–Kier alpha value is -2.82. The molecule has 0 atom stereocenters. The maximum atomic E-state index is 12.6. The number of rotatable bonds is 6. The van der Waals surface area contributed by atoms with Gasteiger partial charge in [0.05, 0.1) is 12.2 Å². The van der Waals surface area contributed by atoms with E-state index in [9.17, 15) is 4.79 Å². The molecule has 0 saturated heterocycles. The van der Waals surface area contributed by atoms with E-state index in [1.807, 2.05) is 43.3 Å². The molecule has 2 aromatic heterocycles. The van der Waals surface area contributed by atoms with Crippen LogP contribution in [0.5, 0.6) is 5.88 Å². The summed E-state index contributed by atoms with van der Waals surface area (Å²) in [5.41, 5.74) is 2.28. The molecular weight excluding hydrogens is 316 g/mol.